The molecule has 0 bridgehead atoms. The number of nitrogens with one attached hydrogen (secondary N) is 1. The van der Waals surface area contributed by atoms with E-state index >= 15 is 0 Å². The van der Waals surface area contributed by atoms with Gasteiger partial charge in [0.2, 0.25) is 0 Å². The maximum Gasteiger partial charge on any atom is 0.513 e. The van der Waals surface area contributed by atoms with Crippen molar-refractivity contribution >= 4 is 40.5 Å². The molecule has 9 nitrogen and oxygen atoms in total. The van der Waals surface area contributed by atoms with E-state index in [0.29, 0.717) is 28.1 Å². The molecule has 0 unspecified atom stereocenters. The van der Waals surface area contributed by atoms with Crippen LogP contribution < -0.4 is 15.8 Å². The van der Waals surface area contributed by atoms with Gasteiger partial charge in [0.05, 0.1) is 40.3 Å². The van der Waals surface area contributed by atoms with Crippen LogP contribution in [0.1, 0.15) is 38.2 Å². The van der Waals surface area contributed by atoms with Gasteiger partial charge in [-0.15, -0.1) is 0 Å². The molecular weight excluding hydrogens is 506 g/mol. The number of anilines is 1. The molecule has 1 aliphatic rings. The number of carbonyl (C=O) groups is 1. The van der Waals surface area contributed by atoms with Crippen LogP contribution in [0.3, 0.4) is 0 Å². The van der Waals surface area contributed by atoms with Gasteiger partial charge in [0, 0.05) is 23.9 Å². The smallest absolute Gasteiger partial charge is 0.508 e. The first-order chi connectivity index (χ1) is 18.4. The lowest BCUT2D eigenvalue weighted by molar-refractivity contribution is 0.104. The largest absolute Gasteiger partial charge is 0.513 e. The van der Waals surface area contributed by atoms with E-state index in [1.807, 2.05) is 24.4 Å². The second-order valence-electron chi connectivity index (χ2n) is 9.06. The first-order valence-electron chi connectivity index (χ1n) is 12.5. The molecule has 5 rings (SSSR count). The molecule has 0 saturated heterocycles. The van der Waals surface area contributed by atoms with Crippen molar-refractivity contribution in [3.05, 3.63) is 71.5 Å². The van der Waals surface area contributed by atoms with Gasteiger partial charge in [-0.2, -0.15) is 5.10 Å². The minimum absolute atomic E-state index is 0.0559. The number of phenols is 1. The predicted molar refractivity (Wildman–Crippen MR) is 148 cm³/mol. The summed E-state index contributed by atoms with van der Waals surface area (Å²) in [5.41, 5.74) is 11.2. The van der Waals surface area contributed by atoms with Gasteiger partial charge in [0.1, 0.15) is 17.3 Å². The molecule has 0 spiro atoms. The summed E-state index contributed by atoms with van der Waals surface area (Å²) in [4.78, 5) is 16.1. The molecule has 4 N–H and O–H groups in total. The summed E-state index contributed by atoms with van der Waals surface area (Å²) in [7, 11) is 0. The van der Waals surface area contributed by atoms with Crippen LogP contribution in [0.15, 0.2) is 65.9 Å². The Morgan fingerprint density at radius 1 is 1.18 bits per heavy atom. The molecule has 1 fully saturated rings. The van der Waals surface area contributed by atoms with E-state index in [4.69, 9.17) is 26.8 Å². The molecule has 0 aliphatic heterocycles. The molecule has 0 radical (unpaired) electrons. The first-order valence-corrected chi connectivity index (χ1v) is 12.8. The van der Waals surface area contributed by atoms with Crippen LogP contribution in [0.5, 0.6) is 11.5 Å². The second-order valence-corrected chi connectivity index (χ2v) is 9.47. The minimum atomic E-state index is -0.734. The van der Waals surface area contributed by atoms with Crippen molar-refractivity contribution in [3.63, 3.8) is 0 Å². The van der Waals surface area contributed by atoms with Crippen LogP contribution in [-0.4, -0.2) is 39.4 Å². The SMILES string of the molecule is CCOC(=O)Oc1ccc(-c2cc3c(NC4CCCC4)c(/C(N)=N/c4ccc(O)cc4Cl)cnn3c2)cc1. The van der Waals surface area contributed by atoms with E-state index in [1.54, 1.807) is 35.8 Å². The molecule has 196 valence electrons. The summed E-state index contributed by atoms with van der Waals surface area (Å²) in [5.74, 6) is 0.716. The highest BCUT2D eigenvalue weighted by Gasteiger charge is 2.21. The van der Waals surface area contributed by atoms with E-state index < -0.39 is 6.16 Å². The van der Waals surface area contributed by atoms with E-state index in [1.165, 1.54) is 25.0 Å². The molecule has 0 atom stereocenters. The number of phenolic OH excluding ortho intramolecular Hbond substituents is 1. The summed E-state index contributed by atoms with van der Waals surface area (Å²) in [6.07, 6.45) is 7.39. The number of amidine groups is 1. The van der Waals surface area contributed by atoms with Crippen molar-refractivity contribution < 1.29 is 19.4 Å². The Kier molecular flexibility index (Phi) is 7.37. The fraction of sp³-hybridized carbons (Fsp3) is 0.250. The van der Waals surface area contributed by atoms with Gasteiger partial charge in [-0.25, -0.2) is 14.3 Å². The van der Waals surface area contributed by atoms with Gasteiger partial charge < -0.3 is 25.6 Å². The van der Waals surface area contributed by atoms with Crippen LogP contribution in [0.2, 0.25) is 5.02 Å². The van der Waals surface area contributed by atoms with Crippen LogP contribution in [-0.2, 0) is 4.74 Å². The van der Waals surface area contributed by atoms with Crippen LogP contribution in [0.25, 0.3) is 16.6 Å². The number of halogens is 1. The third-order valence-corrected chi connectivity index (χ3v) is 6.74. The summed E-state index contributed by atoms with van der Waals surface area (Å²) in [6.45, 7) is 1.97. The third kappa shape index (κ3) is 5.52. The van der Waals surface area contributed by atoms with Gasteiger partial charge in [-0.05, 0) is 55.7 Å². The predicted octanol–water partition coefficient (Wildman–Crippen LogP) is 6.29. The fourth-order valence-electron chi connectivity index (χ4n) is 4.57. The Hall–Kier alpha value is -4.24. The number of nitrogens with zero attached hydrogens (tertiary/aromatic N) is 3. The second kappa shape index (κ2) is 11.0. The number of benzene rings is 2. The number of hydrogen-bond acceptors (Lipinski definition) is 7. The molecule has 10 heteroatoms. The monoisotopic (exact) mass is 533 g/mol. The highest BCUT2D eigenvalue weighted by atomic mass is 35.5. The molecule has 1 aliphatic carbocycles. The number of aromatic hydroxyl groups is 1. The molecule has 0 amide bonds. The maximum atomic E-state index is 11.6. The van der Waals surface area contributed by atoms with Gasteiger partial charge in [0.15, 0.2) is 0 Å². The van der Waals surface area contributed by atoms with E-state index in [2.05, 4.69) is 15.4 Å². The molecule has 1 saturated carbocycles. The minimum Gasteiger partial charge on any atom is -0.508 e. The lowest BCUT2D eigenvalue weighted by Gasteiger charge is -2.18. The summed E-state index contributed by atoms with van der Waals surface area (Å²) >= 11 is 6.27. The highest BCUT2D eigenvalue weighted by Crippen LogP contribution is 2.33. The van der Waals surface area contributed by atoms with Crippen molar-refractivity contribution in [3.8, 4) is 22.6 Å². The highest BCUT2D eigenvalue weighted by molar-refractivity contribution is 6.33. The van der Waals surface area contributed by atoms with E-state index in [9.17, 15) is 9.90 Å². The summed E-state index contributed by atoms with van der Waals surface area (Å²) in [6, 6.07) is 14.1. The van der Waals surface area contributed by atoms with Crippen molar-refractivity contribution in [2.75, 3.05) is 11.9 Å². The average Bonchev–Trinajstić information content (AvgIpc) is 3.57. The Morgan fingerprint density at radius 3 is 2.66 bits per heavy atom. The number of nitrogens with two attached hydrogens (primary N) is 1. The Labute approximate surface area is 224 Å². The number of rotatable bonds is 7. The summed E-state index contributed by atoms with van der Waals surface area (Å²) < 4.78 is 11.8. The topological polar surface area (TPSA) is 123 Å². The lowest BCUT2D eigenvalue weighted by Crippen LogP contribution is -2.22. The number of hydrogen-bond donors (Lipinski definition) is 3. The van der Waals surface area contributed by atoms with Crippen molar-refractivity contribution in [2.24, 2.45) is 10.7 Å². The number of carbonyl (C=O) groups excluding carboxylic acids is 1. The van der Waals surface area contributed by atoms with Gasteiger partial charge in [-0.1, -0.05) is 36.6 Å². The molecule has 38 heavy (non-hydrogen) atoms. The zero-order chi connectivity index (χ0) is 26.6. The average molecular weight is 534 g/mol. The number of ether oxygens (including phenoxy) is 2. The molecule has 2 heterocycles. The molecular formula is C28H28ClN5O4. The number of aliphatic imine (C=N–C) groups is 1. The van der Waals surface area contributed by atoms with Gasteiger partial charge in [0.25, 0.3) is 0 Å². The Bertz CT molecular complexity index is 1490. The van der Waals surface area contributed by atoms with Crippen molar-refractivity contribution in [1.82, 2.24) is 9.61 Å². The number of fused-ring (bicyclic) bond motifs is 1. The van der Waals surface area contributed by atoms with E-state index in [-0.39, 0.29) is 18.2 Å². The van der Waals surface area contributed by atoms with Crippen molar-refractivity contribution in [2.45, 2.75) is 38.6 Å². The molecule has 2 aromatic carbocycles. The zero-order valence-corrected chi connectivity index (χ0v) is 21.6. The zero-order valence-electron chi connectivity index (χ0n) is 20.9. The third-order valence-electron chi connectivity index (χ3n) is 6.44. The van der Waals surface area contributed by atoms with Crippen LogP contribution >= 0.6 is 11.6 Å². The molecule has 4 aromatic rings. The first kappa shape index (κ1) is 25.4. The fourth-order valence-corrected chi connectivity index (χ4v) is 4.79. The van der Waals surface area contributed by atoms with Crippen LogP contribution in [0.4, 0.5) is 16.2 Å². The normalized spacial score (nSPS) is 14.1. The number of aromatic nitrogens is 2. The van der Waals surface area contributed by atoms with Crippen molar-refractivity contribution in [1.29, 1.82) is 0 Å². The standard InChI is InChI=1S/C28H28ClN5O4/c1-2-37-28(36)38-21-10-7-17(8-11-21)18-13-25-26(32-19-5-3-4-6-19)22(15-31-34(25)16-18)27(30)33-24-12-9-20(35)14-23(24)29/h7-16,19,32,35H,2-6H2,1H3,(H2,30,33). The van der Waals surface area contributed by atoms with Gasteiger partial charge in [-0.3, -0.25) is 0 Å². The Morgan fingerprint density at radius 2 is 1.95 bits per heavy atom. The quantitative estimate of drug-likeness (QED) is 0.110. The molecule has 2 aromatic heterocycles. The van der Waals surface area contributed by atoms with E-state index in [0.717, 1.165) is 35.2 Å². The lowest BCUT2D eigenvalue weighted by atomic mass is 10.1. The van der Waals surface area contributed by atoms with Crippen LogP contribution in [0, 0.1) is 0 Å². The maximum absolute atomic E-state index is 11.6. The van der Waals surface area contributed by atoms with Gasteiger partial charge >= 0.3 is 6.16 Å². The summed E-state index contributed by atoms with van der Waals surface area (Å²) in [5, 5.41) is 18.2. The Balaban J connectivity index is 1.52.